The summed E-state index contributed by atoms with van der Waals surface area (Å²) in [5.74, 6) is 1.41. The minimum Gasteiger partial charge on any atom is -0.491 e. The molecule has 0 atom stereocenters. The fourth-order valence-electron chi connectivity index (χ4n) is 1.47. The lowest BCUT2D eigenvalue weighted by atomic mass is 10.3. The first-order valence-electron chi connectivity index (χ1n) is 8.50. The Balaban J connectivity index is 0.000000780. The zero-order chi connectivity index (χ0) is 21.5. The molecule has 28 heavy (non-hydrogen) atoms. The zero-order valence-electron chi connectivity index (χ0n) is 16.6. The Hall–Kier alpha value is -3.40. The molecule has 0 fully saturated rings. The molecule has 0 saturated carbocycles. The lowest BCUT2D eigenvalue weighted by Crippen LogP contribution is -2.05. The number of nitro groups is 1. The van der Waals surface area contributed by atoms with Crippen molar-refractivity contribution in [3.05, 3.63) is 52.9 Å². The maximum atomic E-state index is 9.41. The number of ether oxygens (including phenoxy) is 2. The summed E-state index contributed by atoms with van der Waals surface area (Å²) in [6, 6.07) is 7.41. The molecule has 154 valence electrons. The molecule has 2 aromatic rings. The Bertz CT molecular complexity index is 725. The van der Waals surface area contributed by atoms with Crippen molar-refractivity contribution < 1.29 is 14.4 Å². The van der Waals surface area contributed by atoms with Crippen LogP contribution >= 0.6 is 0 Å². The summed E-state index contributed by atoms with van der Waals surface area (Å²) >= 11 is 0. The number of nitrogens with two attached hydrogens (primary N) is 2. The summed E-state index contributed by atoms with van der Waals surface area (Å²) in [6.45, 7) is 9.47. The molecule has 0 amide bonds. The molecule has 10 heteroatoms. The van der Waals surface area contributed by atoms with Crippen LogP contribution in [-0.4, -0.2) is 35.2 Å². The van der Waals surface area contributed by atoms with Crippen LogP contribution < -0.4 is 21.5 Å². The van der Waals surface area contributed by atoms with Gasteiger partial charge in [0.2, 0.25) is 11.6 Å². The van der Waals surface area contributed by atoms with E-state index in [1.54, 1.807) is 7.11 Å². The van der Waals surface area contributed by atoms with Crippen LogP contribution in [-0.2, 0) is 4.74 Å². The van der Waals surface area contributed by atoms with Gasteiger partial charge < -0.3 is 26.3 Å². The summed E-state index contributed by atoms with van der Waals surface area (Å²) in [5.41, 5.74) is 12.3. The summed E-state index contributed by atoms with van der Waals surface area (Å²) in [5, 5.41) is 12.4. The smallest absolute Gasteiger partial charge is 0.236 e. The number of nitrogen functional groups attached to an aromatic ring is 2. The van der Waals surface area contributed by atoms with Gasteiger partial charge in [-0.3, -0.25) is 10.1 Å². The highest BCUT2D eigenvalue weighted by Crippen LogP contribution is 2.19. The van der Waals surface area contributed by atoms with Gasteiger partial charge in [-0.05, 0) is 30.8 Å². The van der Waals surface area contributed by atoms with Crippen LogP contribution in [0.5, 0.6) is 5.75 Å². The summed E-state index contributed by atoms with van der Waals surface area (Å²) in [6.07, 6.45) is 1.47. The molecule has 0 radical (unpaired) electrons. The Morgan fingerprint density at radius 1 is 1.25 bits per heavy atom. The third-order valence-corrected chi connectivity index (χ3v) is 2.83. The lowest BCUT2D eigenvalue weighted by molar-refractivity contribution is -0.423. The minimum atomic E-state index is -0.528. The molecule has 2 rings (SSSR count). The molecule has 1 aromatic carbocycles. The van der Waals surface area contributed by atoms with E-state index in [2.05, 4.69) is 21.9 Å². The standard InChI is InChI=1S/C13H17N5O2.C3H5NO2.C2H6/c1-19-6-7-20-10-4-2-9(3-5-10)17-13-16-8-11(14)12(15)18-13;1-3(2)4(5)6;1-2/h2-5,8H,6-7,14H2,1H3,(H3,15,16,17,18);1H2,2H3;1-2H3. The van der Waals surface area contributed by atoms with Gasteiger partial charge in [-0.1, -0.05) is 13.8 Å². The maximum absolute atomic E-state index is 9.41. The van der Waals surface area contributed by atoms with Gasteiger partial charge in [0.05, 0.1) is 23.4 Å². The number of hydrogen-bond acceptors (Lipinski definition) is 9. The van der Waals surface area contributed by atoms with E-state index in [9.17, 15) is 10.1 Å². The number of anilines is 4. The highest BCUT2D eigenvalue weighted by molar-refractivity contribution is 5.61. The van der Waals surface area contributed by atoms with Crippen LogP contribution in [0.15, 0.2) is 42.7 Å². The van der Waals surface area contributed by atoms with E-state index >= 15 is 0 Å². The van der Waals surface area contributed by atoms with Crippen LogP contribution in [0.1, 0.15) is 20.8 Å². The topological polar surface area (TPSA) is 151 Å². The molecule has 0 aliphatic heterocycles. The van der Waals surface area contributed by atoms with Gasteiger partial charge in [0, 0.05) is 19.7 Å². The third-order valence-electron chi connectivity index (χ3n) is 2.83. The quantitative estimate of drug-likeness (QED) is 0.366. The number of methoxy groups -OCH3 is 1. The molecule has 10 nitrogen and oxygen atoms in total. The molecule has 1 aromatic heterocycles. The van der Waals surface area contributed by atoms with E-state index in [0.29, 0.717) is 24.8 Å². The molecule has 0 bridgehead atoms. The van der Waals surface area contributed by atoms with E-state index in [-0.39, 0.29) is 11.5 Å². The monoisotopic (exact) mass is 392 g/mol. The number of hydrogen-bond donors (Lipinski definition) is 3. The summed E-state index contributed by atoms with van der Waals surface area (Å²) in [4.78, 5) is 17.0. The molecular weight excluding hydrogens is 364 g/mol. The highest BCUT2D eigenvalue weighted by Gasteiger charge is 2.02. The first-order valence-corrected chi connectivity index (χ1v) is 8.50. The van der Waals surface area contributed by atoms with E-state index in [1.807, 2.05) is 38.1 Å². The van der Waals surface area contributed by atoms with Gasteiger partial charge in [0.1, 0.15) is 12.4 Å². The molecular formula is C18H28N6O4. The average molecular weight is 392 g/mol. The van der Waals surface area contributed by atoms with Gasteiger partial charge in [-0.15, -0.1) is 0 Å². The van der Waals surface area contributed by atoms with Crippen molar-refractivity contribution in [2.45, 2.75) is 20.8 Å². The predicted molar refractivity (Wildman–Crippen MR) is 111 cm³/mol. The predicted octanol–water partition coefficient (Wildman–Crippen LogP) is 3.23. The van der Waals surface area contributed by atoms with Crippen LogP contribution in [0.25, 0.3) is 0 Å². The molecule has 0 unspecified atom stereocenters. The van der Waals surface area contributed by atoms with Crippen LogP contribution in [0.3, 0.4) is 0 Å². The van der Waals surface area contributed by atoms with E-state index in [1.165, 1.54) is 13.1 Å². The molecule has 0 spiro atoms. The van der Waals surface area contributed by atoms with Crippen LogP contribution in [0.2, 0.25) is 0 Å². The van der Waals surface area contributed by atoms with Gasteiger partial charge >= 0.3 is 0 Å². The molecule has 0 saturated heterocycles. The minimum absolute atomic E-state index is 0.0185. The van der Waals surface area contributed by atoms with Gasteiger partial charge in [-0.2, -0.15) is 4.98 Å². The van der Waals surface area contributed by atoms with E-state index in [4.69, 9.17) is 20.9 Å². The second kappa shape index (κ2) is 13.8. The number of aromatic nitrogens is 2. The second-order valence-electron chi connectivity index (χ2n) is 5.02. The summed E-state index contributed by atoms with van der Waals surface area (Å²) in [7, 11) is 1.63. The van der Waals surface area contributed by atoms with Gasteiger partial charge in [-0.25, -0.2) is 4.98 Å². The highest BCUT2D eigenvalue weighted by atomic mass is 16.6. The Morgan fingerprint density at radius 3 is 2.29 bits per heavy atom. The van der Waals surface area contributed by atoms with Crippen LogP contribution in [0.4, 0.5) is 23.1 Å². The number of nitrogens with zero attached hydrogens (tertiary/aromatic N) is 3. The van der Waals surface area contributed by atoms with Crippen molar-refractivity contribution in [3.8, 4) is 5.75 Å². The lowest BCUT2D eigenvalue weighted by Gasteiger charge is -2.08. The Labute approximate surface area is 164 Å². The number of benzene rings is 1. The molecule has 5 N–H and O–H groups in total. The Kier molecular flexibility index (Phi) is 12.1. The normalized spacial score (nSPS) is 9.14. The third kappa shape index (κ3) is 9.92. The van der Waals surface area contributed by atoms with Gasteiger partial charge in [0.25, 0.3) is 0 Å². The van der Waals surface area contributed by atoms with Crippen molar-refractivity contribution >= 4 is 23.1 Å². The van der Waals surface area contributed by atoms with Crippen molar-refractivity contribution in [1.29, 1.82) is 0 Å². The SMILES string of the molecule is C=C(C)[N+](=O)[O-].CC.COCCOc1ccc(Nc2ncc(N)c(N)n2)cc1. The first-order chi connectivity index (χ1) is 13.3. The van der Waals surface area contributed by atoms with Crippen LogP contribution in [0, 0.1) is 10.1 Å². The van der Waals surface area contributed by atoms with E-state index < -0.39 is 4.92 Å². The maximum Gasteiger partial charge on any atom is 0.236 e. The van der Waals surface area contributed by atoms with Crippen molar-refractivity contribution in [3.63, 3.8) is 0 Å². The number of allylic oxidation sites excluding steroid dienone is 1. The largest absolute Gasteiger partial charge is 0.491 e. The number of nitrogens with one attached hydrogen (secondary N) is 1. The summed E-state index contributed by atoms with van der Waals surface area (Å²) < 4.78 is 10.4. The first kappa shape index (κ1) is 24.6. The molecule has 0 aliphatic rings. The zero-order valence-corrected chi connectivity index (χ0v) is 16.6. The average Bonchev–Trinajstić information content (AvgIpc) is 2.68. The van der Waals surface area contributed by atoms with Gasteiger partial charge in [0.15, 0.2) is 5.82 Å². The second-order valence-corrected chi connectivity index (χ2v) is 5.02. The molecule has 1 heterocycles. The molecule has 0 aliphatic carbocycles. The van der Waals surface area contributed by atoms with Crippen molar-refractivity contribution in [2.24, 2.45) is 0 Å². The fraction of sp³-hybridized carbons (Fsp3) is 0.333. The number of rotatable bonds is 7. The van der Waals surface area contributed by atoms with Crippen molar-refractivity contribution in [1.82, 2.24) is 9.97 Å². The Morgan fingerprint density at radius 2 is 1.82 bits per heavy atom. The van der Waals surface area contributed by atoms with Crippen molar-refractivity contribution in [2.75, 3.05) is 37.1 Å². The fourth-order valence-corrected chi connectivity index (χ4v) is 1.47. The van der Waals surface area contributed by atoms with E-state index in [0.717, 1.165) is 11.4 Å².